The predicted octanol–water partition coefficient (Wildman–Crippen LogP) is 1.93. The summed E-state index contributed by atoms with van der Waals surface area (Å²) >= 11 is 0. The minimum atomic E-state index is -0.313. The molecule has 0 spiro atoms. The van der Waals surface area contributed by atoms with Crippen LogP contribution in [0.5, 0.6) is 0 Å². The van der Waals surface area contributed by atoms with E-state index in [9.17, 15) is 4.79 Å². The van der Waals surface area contributed by atoms with Gasteiger partial charge in [0.25, 0.3) is 0 Å². The maximum absolute atomic E-state index is 12.3. The molecule has 5 nitrogen and oxygen atoms in total. The molecule has 0 aliphatic carbocycles. The van der Waals surface area contributed by atoms with Gasteiger partial charge < -0.3 is 11.1 Å². The van der Waals surface area contributed by atoms with Gasteiger partial charge in [-0.15, -0.1) is 0 Å². The second-order valence-corrected chi connectivity index (χ2v) is 5.40. The molecule has 0 saturated carbocycles. The molecule has 0 saturated heterocycles. The number of carbonyl (C=O) groups excluding carboxylic acids is 1. The van der Waals surface area contributed by atoms with Crippen molar-refractivity contribution in [3.05, 3.63) is 53.9 Å². The molecule has 5 heteroatoms. The standard InChI is InChI=1S/C16H22N4O/c1-11(15(17)13-7-5-4-6-8-13)16(21)19-12(2)14-9-18-20(3)10-14/h4-12,15H,17H2,1-3H3,(H,19,21). The first-order valence-electron chi connectivity index (χ1n) is 7.08. The number of rotatable bonds is 5. The molecule has 0 radical (unpaired) electrons. The molecule has 0 aliphatic rings. The van der Waals surface area contributed by atoms with E-state index in [1.54, 1.807) is 10.9 Å². The summed E-state index contributed by atoms with van der Waals surface area (Å²) in [5.41, 5.74) is 8.13. The minimum absolute atomic E-state index is 0.0530. The lowest BCUT2D eigenvalue weighted by molar-refractivity contribution is -0.125. The van der Waals surface area contributed by atoms with E-state index < -0.39 is 0 Å². The fourth-order valence-corrected chi connectivity index (χ4v) is 2.22. The molecule has 0 bridgehead atoms. The molecule has 3 unspecified atom stereocenters. The fourth-order valence-electron chi connectivity index (χ4n) is 2.22. The first-order chi connectivity index (χ1) is 9.99. The smallest absolute Gasteiger partial charge is 0.225 e. The number of aryl methyl sites for hydroxylation is 1. The average Bonchev–Trinajstić information content (AvgIpc) is 2.93. The van der Waals surface area contributed by atoms with Crippen LogP contribution in [0.25, 0.3) is 0 Å². The minimum Gasteiger partial charge on any atom is -0.349 e. The van der Waals surface area contributed by atoms with E-state index in [4.69, 9.17) is 5.73 Å². The van der Waals surface area contributed by atoms with E-state index in [2.05, 4.69) is 10.4 Å². The van der Waals surface area contributed by atoms with Crippen LogP contribution in [0, 0.1) is 5.92 Å². The highest BCUT2D eigenvalue weighted by atomic mass is 16.1. The number of amides is 1. The summed E-state index contributed by atoms with van der Waals surface area (Å²) < 4.78 is 1.72. The van der Waals surface area contributed by atoms with Gasteiger partial charge in [-0.05, 0) is 12.5 Å². The first kappa shape index (κ1) is 15.3. The molecule has 1 heterocycles. The third-order valence-electron chi connectivity index (χ3n) is 3.72. The molecular formula is C16H22N4O. The summed E-state index contributed by atoms with van der Waals surface area (Å²) in [6.45, 7) is 3.79. The van der Waals surface area contributed by atoms with Crippen LogP contribution in [-0.4, -0.2) is 15.7 Å². The Hall–Kier alpha value is -2.14. The van der Waals surface area contributed by atoms with Gasteiger partial charge in [0.2, 0.25) is 5.91 Å². The number of carbonyl (C=O) groups is 1. The molecule has 21 heavy (non-hydrogen) atoms. The van der Waals surface area contributed by atoms with Crippen molar-refractivity contribution in [3.8, 4) is 0 Å². The normalized spacial score (nSPS) is 15.2. The van der Waals surface area contributed by atoms with Gasteiger partial charge in [0.05, 0.1) is 18.2 Å². The van der Waals surface area contributed by atoms with Crippen LogP contribution < -0.4 is 11.1 Å². The van der Waals surface area contributed by atoms with Crippen LogP contribution in [-0.2, 0) is 11.8 Å². The first-order valence-corrected chi connectivity index (χ1v) is 7.08. The molecule has 2 rings (SSSR count). The second kappa shape index (κ2) is 6.54. The Morgan fingerprint density at radius 3 is 2.48 bits per heavy atom. The van der Waals surface area contributed by atoms with Crippen LogP contribution >= 0.6 is 0 Å². The van der Waals surface area contributed by atoms with E-state index in [0.29, 0.717) is 0 Å². The van der Waals surface area contributed by atoms with Crippen molar-refractivity contribution in [2.24, 2.45) is 18.7 Å². The van der Waals surface area contributed by atoms with E-state index in [0.717, 1.165) is 11.1 Å². The Kier molecular flexibility index (Phi) is 4.75. The number of aromatic nitrogens is 2. The Balaban J connectivity index is 1.99. The molecule has 0 fully saturated rings. The molecule has 1 aromatic heterocycles. The lowest BCUT2D eigenvalue weighted by Crippen LogP contribution is -2.36. The van der Waals surface area contributed by atoms with Gasteiger partial charge in [-0.2, -0.15) is 5.10 Å². The van der Waals surface area contributed by atoms with E-state index >= 15 is 0 Å². The molecular weight excluding hydrogens is 264 g/mol. The monoisotopic (exact) mass is 286 g/mol. The largest absolute Gasteiger partial charge is 0.349 e. The summed E-state index contributed by atoms with van der Waals surface area (Å²) in [6.07, 6.45) is 3.65. The maximum Gasteiger partial charge on any atom is 0.225 e. The van der Waals surface area contributed by atoms with E-state index in [1.165, 1.54) is 0 Å². The van der Waals surface area contributed by atoms with Crippen molar-refractivity contribution in [1.82, 2.24) is 15.1 Å². The van der Waals surface area contributed by atoms with Gasteiger partial charge in [0.15, 0.2) is 0 Å². The van der Waals surface area contributed by atoms with Gasteiger partial charge in [0.1, 0.15) is 0 Å². The van der Waals surface area contributed by atoms with Gasteiger partial charge in [-0.25, -0.2) is 0 Å². The zero-order valence-corrected chi connectivity index (χ0v) is 12.7. The van der Waals surface area contributed by atoms with Crippen LogP contribution in [0.1, 0.15) is 37.1 Å². The van der Waals surface area contributed by atoms with Crippen molar-refractivity contribution in [1.29, 1.82) is 0 Å². The Bertz CT molecular complexity index is 593. The number of nitrogens with two attached hydrogens (primary N) is 1. The maximum atomic E-state index is 12.3. The molecule has 1 amide bonds. The molecule has 2 aromatic rings. The lowest BCUT2D eigenvalue weighted by Gasteiger charge is -2.22. The highest BCUT2D eigenvalue weighted by Crippen LogP contribution is 2.20. The van der Waals surface area contributed by atoms with Crippen molar-refractivity contribution >= 4 is 5.91 Å². The SMILES string of the molecule is CC(NC(=O)C(C)C(N)c1ccccc1)c1cnn(C)c1. The van der Waals surface area contributed by atoms with Crippen molar-refractivity contribution in [2.45, 2.75) is 25.9 Å². The second-order valence-electron chi connectivity index (χ2n) is 5.40. The highest BCUT2D eigenvalue weighted by Gasteiger charge is 2.23. The van der Waals surface area contributed by atoms with Crippen molar-refractivity contribution in [3.63, 3.8) is 0 Å². The van der Waals surface area contributed by atoms with E-state index in [-0.39, 0.29) is 23.9 Å². The molecule has 0 aliphatic heterocycles. The predicted molar refractivity (Wildman–Crippen MR) is 82.3 cm³/mol. The molecule has 112 valence electrons. The van der Waals surface area contributed by atoms with Gasteiger partial charge in [-0.3, -0.25) is 9.48 Å². The van der Waals surface area contributed by atoms with Gasteiger partial charge >= 0.3 is 0 Å². The summed E-state index contributed by atoms with van der Waals surface area (Å²) in [4.78, 5) is 12.3. The Morgan fingerprint density at radius 1 is 1.24 bits per heavy atom. The zero-order valence-electron chi connectivity index (χ0n) is 12.7. The van der Waals surface area contributed by atoms with E-state index in [1.807, 2.05) is 57.4 Å². The lowest BCUT2D eigenvalue weighted by atomic mass is 9.94. The average molecular weight is 286 g/mol. The van der Waals surface area contributed by atoms with Crippen LogP contribution in [0.2, 0.25) is 0 Å². The number of nitrogens with one attached hydrogen (secondary N) is 1. The fraction of sp³-hybridized carbons (Fsp3) is 0.375. The molecule has 3 atom stereocenters. The highest BCUT2D eigenvalue weighted by molar-refractivity contribution is 5.79. The third kappa shape index (κ3) is 3.70. The van der Waals surface area contributed by atoms with Crippen LogP contribution in [0.15, 0.2) is 42.7 Å². The number of hydrogen-bond acceptors (Lipinski definition) is 3. The number of benzene rings is 1. The Morgan fingerprint density at radius 2 is 1.90 bits per heavy atom. The summed E-state index contributed by atoms with van der Waals surface area (Å²) in [5.74, 6) is -0.353. The topological polar surface area (TPSA) is 72.9 Å². The zero-order chi connectivity index (χ0) is 15.4. The van der Waals surface area contributed by atoms with Gasteiger partial charge in [0, 0.05) is 24.8 Å². The number of hydrogen-bond donors (Lipinski definition) is 2. The Labute approximate surface area is 125 Å². The molecule has 3 N–H and O–H groups in total. The summed E-state index contributed by atoms with van der Waals surface area (Å²) in [7, 11) is 1.85. The molecule has 1 aromatic carbocycles. The quantitative estimate of drug-likeness (QED) is 0.882. The van der Waals surface area contributed by atoms with Crippen molar-refractivity contribution in [2.75, 3.05) is 0 Å². The van der Waals surface area contributed by atoms with Crippen LogP contribution in [0.4, 0.5) is 0 Å². The van der Waals surface area contributed by atoms with Crippen LogP contribution in [0.3, 0.4) is 0 Å². The number of nitrogens with zero attached hydrogens (tertiary/aromatic N) is 2. The third-order valence-corrected chi connectivity index (χ3v) is 3.72. The van der Waals surface area contributed by atoms with Crippen molar-refractivity contribution < 1.29 is 4.79 Å². The summed E-state index contributed by atoms with van der Waals surface area (Å²) in [6, 6.07) is 9.28. The summed E-state index contributed by atoms with van der Waals surface area (Å²) in [5, 5.41) is 7.10. The van der Waals surface area contributed by atoms with Gasteiger partial charge in [-0.1, -0.05) is 37.3 Å².